The number of rotatable bonds is 4. The van der Waals surface area contributed by atoms with Crippen LogP contribution in [0.3, 0.4) is 0 Å². The smallest absolute Gasteiger partial charge is 0.276 e. The lowest BCUT2D eigenvalue weighted by molar-refractivity contribution is 0.0170. The van der Waals surface area contributed by atoms with Gasteiger partial charge in [0, 0.05) is 11.6 Å². The number of benzene rings is 2. The summed E-state index contributed by atoms with van der Waals surface area (Å²) in [6, 6.07) is 15.9. The zero-order chi connectivity index (χ0) is 19.1. The van der Waals surface area contributed by atoms with Gasteiger partial charge in [0.1, 0.15) is 17.4 Å². The Labute approximate surface area is 163 Å². The summed E-state index contributed by atoms with van der Waals surface area (Å²) in [5, 5.41) is 4.29. The van der Waals surface area contributed by atoms with Crippen LogP contribution < -0.4 is 4.74 Å². The van der Waals surface area contributed by atoms with Gasteiger partial charge in [-0.3, -0.25) is 4.79 Å². The first-order chi connectivity index (χ1) is 13.7. The van der Waals surface area contributed by atoms with Crippen LogP contribution in [0.2, 0.25) is 0 Å². The Bertz CT molecular complexity index is 1150. The molecule has 0 bridgehead atoms. The number of para-hydroxylation sites is 1. The third-order valence-corrected chi connectivity index (χ3v) is 5.45. The number of hydrogen-bond donors (Lipinski definition) is 0. The molecule has 1 fully saturated rings. The van der Waals surface area contributed by atoms with Crippen LogP contribution in [0.5, 0.6) is 5.19 Å². The van der Waals surface area contributed by atoms with Gasteiger partial charge in [-0.15, -0.1) is 0 Å². The Balaban J connectivity index is 1.22. The fourth-order valence-electron chi connectivity index (χ4n) is 3.04. The monoisotopic (exact) mass is 395 g/mol. The molecule has 2 aromatic carbocycles. The van der Waals surface area contributed by atoms with E-state index < -0.39 is 0 Å². The maximum atomic E-state index is 13.7. The number of fused-ring (bicyclic) bond motifs is 1. The maximum Gasteiger partial charge on any atom is 0.276 e. The molecule has 4 aromatic rings. The number of amides is 1. The first-order valence-electron chi connectivity index (χ1n) is 8.70. The van der Waals surface area contributed by atoms with Crippen LogP contribution in [-0.2, 0) is 0 Å². The van der Waals surface area contributed by atoms with E-state index in [4.69, 9.17) is 9.26 Å². The number of hydrogen-bond acceptors (Lipinski definition) is 6. The highest BCUT2D eigenvalue weighted by Gasteiger charge is 2.35. The Morgan fingerprint density at radius 3 is 2.79 bits per heavy atom. The summed E-state index contributed by atoms with van der Waals surface area (Å²) in [4.78, 5) is 18.4. The molecule has 1 aliphatic rings. The molecule has 0 aliphatic carbocycles. The fourth-order valence-corrected chi connectivity index (χ4v) is 3.94. The largest absolute Gasteiger partial charge is 0.463 e. The number of carbonyl (C=O) groups excluding carboxylic acids is 1. The van der Waals surface area contributed by atoms with E-state index in [2.05, 4.69) is 10.1 Å². The molecule has 1 saturated heterocycles. The maximum absolute atomic E-state index is 13.7. The van der Waals surface area contributed by atoms with Crippen LogP contribution in [-0.4, -0.2) is 40.1 Å². The summed E-state index contributed by atoms with van der Waals surface area (Å²) in [5.74, 6) is -0.0239. The highest BCUT2D eigenvalue weighted by molar-refractivity contribution is 7.20. The fraction of sp³-hybridized carbons (Fsp3) is 0.150. The van der Waals surface area contributed by atoms with Gasteiger partial charge in [0.05, 0.1) is 17.8 Å². The molecule has 0 unspecified atom stereocenters. The zero-order valence-electron chi connectivity index (χ0n) is 14.5. The van der Waals surface area contributed by atoms with Crippen molar-refractivity contribution in [2.45, 2.75) is 6.10 Å². The van der Waals surface area contributed by atoms with Crippen LogP contribution in [0.4, 0.5) is 4.39 Å². The lowest BCUT2D eigenvalue weighted by atomic mass is 10.1. The quantitative estimate of drug-likeness (QED) is 0.523. The molecule has 0 saturated carbocycles. The second-order valence-electron chi connectivity index (χ2n) is 6.46. The van der Waals surface area contributed by atoms with Gasteiger partial charge in [-0.2, -0.15) is 4.98 Å². The summed E-state index contributed by atoms with van der Waals surface area (Å²) < 4.78 is 25.5. The Morgan fingerprint density at radius 2 is 2.00 bits per heavy atom. The molecule has 2 aromatic heterocycles. The van der Waals surface area contributed by atoms with Gasteiger partial charge in [-0.1, -0.05) is 52.9 Å². The summed E-state index contributed by atoms with van der Waals surface area (Å²) in [5.41, 5.74) is 1.44. The second kappa shape index (κ2) is 6.72. The Hall–Kier alpha value is -3.26. The average Bonchev–Trinajstić information content (AvgIpc) is 3.32. The van der Waals surface area contributed by atoms with Gasteiger partial charge in [0.15, 0.2) is 11.5 Å². The van der Waals surface area contributed by atoms with Crippen molar-refractivity contribution in [3.8, 4) is 16.5 Å². The predicted molar refractivity (Wildman–Crippen MR) is 102 cm³/mol. The van der Waals surface area contributed by atoms with Crippen molar-refractivity contribution in [3.05, 3.63) is 66.1 Å². The molecule has 140 valence electrons. The van der Waals surface area contributed by atoms with Crippen LogP contribution >= 0.6 is 11.3 Å². The number of likely N-dealkylation sites (tertiary alicyclic amines) is 1. The molecule has 1 aliphatic heterocycles. The third-order valence-electron chi connectivity index (χ3n) is 4.54. The molecule has 0 atom stereocenters. The van der Waals surface area contributed by atoms with Crippen molar-refractivity contribution >= 4 is 27.5 Å². The van der Waals surface area contributed by atoms with E-state index in [1.54, 1.807) is 23.1 Å². The van der Waals surface area contributed by atoms with E-state index in [1.165, 1.54) is 17.4 Å². The molecule has 6 nitrogen and oxygen atoms in total. The molecule has 0 spiro atoms. The van der Waals surface area contributed by atoms with Crippen LogP contribution in [0.25, 0.3) is 21.5 Å². The van der Waals surface area contributed by atoms with E-state index in [9.17, 15) is 9.18 Å². The molecular formula is C20H14FN3O3S. The van der Waals surface area contributed by atoms with Crippen molar-refractivity contribution in [1.82, 2.24) is 15.0 Å². The van der Waals surface area contributed by atoms with Gasteiger partial charge < -0.3 is 14.2 Å². The topological polar surface area (TPSA) is 68.5 Å². The van der Waals surface area contributed by atoms with E-state index in [0.717, 1.165) is 10.3 Å². The molecule has 5 rings (SSSR count). The molecule has 0 radical (unpaired) electrons. The van der Waals surface area contributed by atoms with Gasteiger partial charge in [-0.25, -0.2) is 4.39 Å². The minimum atomic E-state index is -0.366. The molecule has 3 heterocycles. The van der Waals surface area contributed by atoms with Crippen molar-refractivity contribution < 1.29 is 18.4 Å². The van der Waals surface area contributed by atoms with Crippen molar-refractivity contribution in [1.29, 1.82) is 0 Å². The number of aromatic nitrogens is 2. The second-order valence-corrected chi connectivity index (χ2v) is 7.45. The minimum Gasteiger partial charge on any atom is -0.463 e. The number of carbonyl (C=O) groups is 1. The molecular weight excluding hydrogens is 381 g/mol. The van der Waals surface area contributed by atoms with E-state index in [1.807, 2.05) is 30.3 Å². The van der Waals surface area contributed by atoms with Gasteiger partial charge in [0.25, 0.3) is 11.1 Å². The summed E-state index contributed by atoms with van der Waals surface area (Å²) in [7, 11) is 0. The van der Waals surface area contributed by atoms with Crippen LogP contribution in [0.1, 0.15) is 10.5 Å². The lowest BCUT2D eigenvalue weighted by Gasteiger charge is -2.37. The minimum absolute atomic E-state index is 0.173. The molecule has 0 N–H and O–H groups in total. The van der Waals surface area contributed by atoms with Gasteiger partial charge >= 0.3 is 0 Å². The molecule has 28 heavy (non-hydrogen) atoms. The van der Waals surface area contributed by atoms with Crippen molar-refractivity contribution in [2.24, 2.45) is 0 Å². The van der Waals surface area contributed by atoms with E-state index in [0.29, 0.717) is 29.6 Å². The predicted octanol–water partition coefficient (Wildman–Crippen LogP) is 3.99. The standard InChI is InChI=1S/C20H14FN3O3S/c21-14-7-4-8-17-18(14)22-20(28-17)26-13-10-24(11-13)19(25)15-9-16(27-23-15)12-5-2-1-3-6-12/h1-9,13H,10-11H2. The first-order valence-corrected chi connectivity index (χ1v) is 9.52. The van der Waals surface area contributed by atoms with Crippen molar-refractivity contribution in [2.75, 3.05) is 13.1 Å². The SMILES string of the molecule is O=C(c1cc(-c2ccccc2)on1)N1CC(Oc2nc3c(F)cccc3s2)C1. The summed E-state index contributed by atoms with van der Waals surface area (Å²) in [6.45, 7) is 0.843. The van der Waals surface area contributed by atoms with Gasteiger partial charge in [0.2, 0.25) is 0 Å². The summed E-state index contributed by atoms with van der Waals surface area (Å²) in [6.07, 6.45) is -0.173. The number of ether oxygens (including phenoxy) is 1. The third kappa shape index (κ3) is 3.01. The average molecular weight is 395 g/mol. The molecule has 8 heteroatoms. The molecule has 1 amide bonds. The zero-order valence-corrected chi connectivity index (χ0v) is 15.4. The lowest BCUT2D eigenvalue weighted by Crippen LogP contribution is -2.56. The Kier molecular flexibility index (Phi) is 4.05. The normalized spacial score (nSPS) is 14.2. The van der Waals surface area contributed by atoms with Crippen LogP contribution in [0.15, 0.2) is 59.1 Å². The van der Waals surface area contributed by atoms with Crippen molar-refractivity contribution in [3.63, 3.8) is 0 Å². The number of halogens is 1. The highest BCUT2D eigenvalue weighted by Crippen LogP contribution is 2.31. The Morgan fingerprint density at radius 1 is 1.18 bits per heavy atom. The first kappa shape index (κ1) is 16.9. The van der Waals surface area contributed by atoms with Gasteiger partial charge in [-0.05, 0) is 12.1 Å². The van der Waals surface area contributed by atoms with Crippen LogP contribution in [0, 0.1) is 5.82 Å². The van der Waals surface area contributed by atoms with E-state index in [-0.39, 0.29) is 23.5 Å². The number of nitrogens with zero attached hydrogens (tertiary/aromatic N) is 3. The highest BCUT2D eigenvalue weighted by atomic mass is 32.1. The van der Waals surface area contributed by atoms with E-state index >= 15 is 0 Å². The number of thiazole rings is 1. The summed E-state index contributed by atoms with van der Waals surface area (Å²) >= 11 is 1.29.